The molecule has 6 nitrogen and oxygen atoms in total. The summed E-state index contributed by atoms with van der Waals surface area (Å²) >= 11 is 0. The highest BCUT2D eigenvalue weighted by molar-refractivity contribution is 5.37. The molecule has 1 aromatic rings. The number of hydrogen-bond acceptors (Lipinski definition) is 6. The summed E-state index contributed by atoms with van der Waals surface area (Å²) in [4.78, 5) is 24.9. The summed E-state index contributed by atoms with van der Waals surface area (Å²) in [5.74, 6) is -0.0635. The maximum absolute atomic E-state index is 10.3. The first kappa shape index (κ1) is 20.1. The van der Waals surface area contributed by atoms with Crippen molar-refractivity contribution in [2.24, 2.45) is 0 Å². The van der Waals surface area contributed by atoms with E-state index in [1.165, 1.54) is 24.8 Å². The maximum Gasteiger partial charge on any atom is 0.233 e. The van der Waals surface area contributed by atoms with Crippen LogP contribution in [0.15, 0.2) is 18.2 Å². The second kappa shape index (κ2) is 9.55. The first-order valence-electron chi connectivity index (χ1n) is 10.9. The topological polar surface area (TPSA) is 60.4 Å². The Bertz CT molecular complexity index is 611. The highest BCUT2D eigenvalue weighted by atomic mass is 17.3. The number of likely N-dealkylation sites (tertiary alicyclic amines) is 1. The van der Waals surface area contributed by atoms with Crippen LogP contribution < -0.4 is 0 Å². The van der Waals surface area contributed by atoms with Crippen molar-refractivity contribution in [2.75, 3.05) is 26.3 Å². The van der Waals surface area contributed by atoms with E-state index in [0.717, 1.165) is 63.7 Å². The predicted octanol–water partition coefficient (Wildman–Crippen LogP) is 4.42. The lowest BCUT2D eigenvalue weighted by molar-refractivity contribution is -0.518. The third kappa shape index (κ3) is 5.05. The summed E-state index contributed by atoms with van der Waals surface area (Å²) in [6.07, 6.45) is 9.18. The minimum atomic E-state index is -0.730. The molecule has 1 saturated carbocycles. The van der Waals surface area contributed by atoms with Gasteiger partial charge in [-0.3, -0.25) is 4.90 Å². The van der Waals surface area contributed by atoms with Crippen molar-refractivity contribution >= 4 is 0 Å². The number of phenolic OH excluding ortho intramolecular Hbond substituents is 1. The molecule has 1 spiro atoms. The van der Waals surface area contributed by atoms with Crippen LogP contribution in [0.2, 0.25) is 0 Å². The Balaban J connectivity index is 1.38. The molecular weight excluding hydrogens is 358 g/mol. The molecule has 0 unspecified atom stereocenters. The molecule has 2 heterocycles. The molecule has 0 radical (unpaired) electrons. The zero-order valence-electron chi connectivity index (χ0n) is 16.7. The lowest BCUT2D eigenvalue weighted by Crippen LogP contribution is -2.39. The normalized spacial score (nSPS) is 25.1. The summed E-state index contributed by atoms with van der Waals surface area (Å²) in [5, 5.41) is 10.3. The number of benzene rings is 1. The molecule has 0 amide bonds. The van der Waals surface area contributed by atoms with E-state index in [0.29, 0.717) is 19.0 Å². The van der Waals surface area contributed by atoms with Crippen LogP contribution in [0, 0.1) is 0 Å². The second-order valence-corrected chi connectivity index (χ2v) is 8.43. The Kier molecular flexibility index (Phi) is 6.86. The van der Waals surface area contributed by atoms with Crippen molar-refractivity contribution in [1.29, 1.82) is 0 Å². The number of phenols is 1. The smallest absolute Gasteiger partial charge is 0.233 e. The maximum atomic E-state index is 10.3. The van der Waals surface area contributed by atoms with Gasteiger partial charge in [-0.15, -0.1) is 0 Å². The molecule has 1 aromatic carbocycles. The van der Waals surface area contributed by atoms with Gasteiger partial charge in [0.15, 0.2) is 0 Å². The van der Waals surface area contributed by atoms with Crippen LogP contribution >= 0.6 is 0 Å². The summed E-state index contributed by atoms with van der Waals surface area (Å²) < 4.78 is 0. The summed E-state index contributed by atoms with van der Waals surface area (Å²) in [7, 11) is 0. The highest BCUT2D eigenvalue weighted by Gasteiger charge is 2.38. The van der Waals surface area contributed by atoms with Crippen LogP contribution in [0.4, 0.5) is 0 Å². The molecule has 28 heavy (non-hydrogen) atoms. The zero-order valence-corrected chi connectivity index (χ0v) is 16.7. The third-order valence-corrected chi connectivity index (χ3v) is 6.30. The largest absolute Gasteiger partial charge is 0.508 e. The van der Waals surface area contributed by atoms with Gasteiger partial charge in [0.25, 0.3) is 0 Å². The Labute approximate surface area is 167 Å². The van der Waals surface area contributed by atoms with E-state index in [1.807, 2.05) is 12.1 Å². The number of aromatic hydroxyl groups is 1. The van der Waals surface area contributed by atoms with Crippen molar-refractivity contribution in [2.45, 2.75) is 76.0 Å². The van der Waals surface area contributed by atoms with Crippen LogP contribution in [0.1, 0.15) is 74.8 Å². The van der Waals surface area contributed by atoms with E-state index in [-0.39, 0.29) is 5.92 Å². The van der Waals surface area contributed by atoms with Gasteiger partial charge in [0.05, 0.1) is 13.2 Å². The van der Waals surface area contributed by atoms with Gasteiger partial charge in [0, 0.05) is 24.9 Å². The van der Waals surface area contributed by atoms with Crippen LogP contribution in [0.25, 0.3) is 0 Å². The highest BCUT2D eigenvalue weighted by Crippen LogP contribution is 2.35. The van der Waals surface area contributed by atoms with E-state index < -0.39 is 5.79 Å². The average molecular weight is 392 g/mol. The fourth-order valence-electron chi connectivity index (χ4n) is 4.60. The Hall–Kier alpha value is -1.18. The molecule has 6 heteroatoms. The average Bonchev–Trinajstić information content (AvgIpc) is 3.23. The molecule has 0 atom stereocenters. The van der Waals surface area contributed by atoms with Crippen LogP contribution in [-0.2, 0) is 26.1 Å². The Morgan fingerprint density at radius 3 is 2.29 bits per heavy atom. The minimum absolute atomic E-state index is 0.283. The molecular formula is C22H33NO5. The van der Waals surface area contributed by atoms with Crippen molar-refractivity contribution < 1.29 is 24.7 Å². The van der Waals surface area contributed by atoms with E-state index in [4.69, 9.17) is 19.6 Å². The van der Waals surface area contributed by atoms with Gasteiger partial charge in [0.2, 0.25) is 5.79 Å². The molecule has 0 aromatic heterocycles. The molecule has 4 rings (SSSR count). The van der Waals surface area contributed by atoms with Gasteiger partial charge < -0.3 is 5.11 Å². The molecule has 0 bridgehead atoms. The van der Waals surface area contributed by atoms with Crippen LogP contribution in [0.5, 0.6) is 5.75 Å². The van der Waals surface area contributed by atoms with Gasteiger partial charge in [-0.2, -0.15) is 9.78 Å². The van der Waals surface area contributed by atoms with Crippen molar-refractivity contribution in [3.8, 4) is 5.75 Å². The molecule has 1 N–H and O–H groups in total. The predicted molar refractivity (Wildman–Crippen MR) is 104 cm³/mol. The molecule has 1 aliphatic carbocycles. The monoisotopic (exact) mass is 391 g/mol. The van der Waals surface area contributed by atoms with E-state index in [1.54, 1.807) is 0 Å². The van der Waals surface area contributed by atoms with Gasteiger partial charge in [-0.1, -0.05) is 18.6 Å². The quantitative estimate of drug-likeness (QED) is 0.770. The number of rotatable bonds is 3. The van der Waals surface area contributed by atoms with Crippen LogP contribution in [0.3, 0.4) is 0 Å². The Morgan fingerprint density at radius 2 is 1.61 bits per heavy atom. The fourth-order valence-corrected chi connectivity index (χ4v) is 4.60. The lowest BCUT2D eigenvalue weighted by Gasteiger charge is -2.34. The van der Waals surface area contributed by atoms with E-state index in [2.05, 4.69) is 11.0 Å². The van der Waals surface area contributed by atoms with Crippen molar-refractivity contribution in [3.05, 3.63) is 29.3 Å². The van der Waals surface area contributed by atoms with Crippen molar-refractivity contribution in [1.82, 2.24) is 4.90 Å². The summed E-state index contributed by atoms with van der Waals surface area (Å²) in [6, 6.07) is 5.99. The Morgan fingerprint density at radius 1 is 0.929 bits per heavy atom. The zero-order chi connectivity index (χ0) is 19.2. The van der Waals surface area contributed by atoms with Gasteiger partial charge in [-0.25, -0.2) is 9.78 Å². The van der Waals surface area contributed by atoms with Gasteiger partial charge in [-0.05, 0) is 69.2 Å². The van der Waals surface area contributed by atoms with E-state index >= 15 is 0 Å². The first-order valence-corrected chi connectivity index (χ1v) is 10.9. The molecule has 2 saturated heterocycles. The molecule has 3 aliphatic rings. The number of nitrogens with zero attached hydrogens (tertiary/aromatic N) is 1. The third-order valence-electron chi connectivity index (χ3n) is 6.30. The number of hydrogen-bond donors (Lipinski definition) is 1. The van der Waals surface area contributed by atoms with Crippen molar-refractivity contribution in [3.63, 3.8) is 0 Å². The second-order valence-electron chi connectivity index (χ2n) is 8.43. The van der Waals surface area contributed by atoms with Gasteiger partial charge >= 0.3 is 0 Å². The summed E-state index contributed by atoms with van der Waals surface area (Å²) in [6.45, 7) is 4.10. The molecule has 2 aliphatic heterocycles. The molecule has 156 valence electrons. The standard InChI is InChI=1S/C22H33NO5/c24-21-7-6-19(16-20(21)17-23-12-4-5-13-23)18-8-14-25-27-22(28-26-15-9-18)10-2-1-3-11-22/h6-7,16,18,24H,1-5,8-15,17H2. The molecule has 3 fully saturated rings. The first-order chi connectivity index (χ1) is 13.7. The summed E-state index contributed by atoms with van der Waals surface area (Å²) in [5.41, 5.74) is 2.22. The van der Waals surface area contributed by atoms with Gasteiger partial charge in [0.1, 0.15) is 5.75 Å². The fraction of sp³-hybridized carbons (Fsp3) is 0.727. The van der Waals surface area contributed by atoms with E-state index in [9.17, 15) is 5.11 Å². The lowest BCUT2D eigenvalue weighted by atomic mass is 9.91. The SMILES string of the molecule is Oc1ccc(C2CCOOC3(CCCCC3)OOCC2)cc1CN1CCCC1. The minimum Gasteiger partial charge on any atom is -0.508 e. The van der Waals surface area contributed by atoms with Crippen LogP contribution in [-0.4, -0.2) is 42.1 Å².